The fourth-order valence-electron chi connectivity index (χ4n) is 4.15. The average Bonchev–Trinajstić information content (AvgIpc) is 3.25. The molecule has 0 atom stereocenters. The van der Waals surface area contributed by atoms with Crippen molar-refractivity contribution in [3.63, 3.8) is 0 Å². The van der Waals surface area contributed by atoms with E-state index >= 15 is 0 Å². The highest BCUT2D eigenvalue weighted by Crippen LogP contribution is 2.44. The number of nitrogens with zero attached hydrogens (tertiary/aromatic N) is 1. The Bertz CT molecular complexity index is 1410. The van der Waals surface area contributed by atoms with E-state index in [0.717, 1.165) is 29.5 Å². The third-order valence-electron chi connectivity index (χ3n) is 5.60. The lowest BCUT2D eigenvalue weighted by Crippen LogP contribution is -2.16. The molecule has 0 aliphatic carbocycles. The summed E-state index contributed by atoms with van der Waals surface area (Å²) in [7, 11) is -1.33. The number of rotatable bonds is 6. The van der Waals surface area contributed by atoms with E-state index in [0.29, 0.717) is 23.3 Å². The first-order chi connectivity index (χ1) is 16.0. The summed E-state index contributed by atoms with van der Waals surface area (Å²) < 4.78 is 51.4. The zero-order chi connectivity index (χ0) is 23.0. The van der Waals surface area contributed by atoms with Gasteiger partial charge in [0.25, 0.3) is 10.0 Å². The van der Waals surface area contributed by atoms with Crippen LogP contribution in [-0.2, 0) is 16.4 Å². The monoisotopic (exact) mass is 466 g/mol. The summed E-state index contributed by atoms with van der Waals surface area (Å²) in [6, 6.07) is 16.6. The van der Waals surface area contributed by atoms with E-state index in [1.807, 2.05) is 36.4 Å². The van der Waals surface area contributed by atoms with Crippen LogP contribution < -0.4 is 18.9 Å². The van der Waals surface area contributed by atoms with Crippen LogP contribution in [0.5, 0.6) is 17.2 Å². The van der Waals surface area contributed by atoms with E-state index in [1.165, 1.54) is 14.2 Å². The minimum atomic E-state index is -4.13. The second kappa shape index (κ2) is 8.32. The number of fused-ring (bicyclic) bond motifs is 3. The molecule has 3 aromatic carbocycles. The van der Waals surface area contributed by atoms with Gasteiger partial charge in [-0.25, -0.2) is 8.42 Å². The molecule has 170 valence electrons. The largest absolute Gasteiger partial charge is 0.495 e. The molecule has 1 aliphatic rings. The molecule has 2 heterocycles. The van der Waals surface area contributed by atoms with Crippen molar-refractivity contribution in [1.82, 2.24) is 5.16 Å². The quantitative estimate of drug-likeness (QED) is 0.442. The van der Waals surface area contributed by atoms with E-state index in [4.69, 9.17) is 18.7 Å². The molecule has 0 spiro atoms. The van der Waals surface area contributed by atoms with Crippen molar-refractivity contribution in [3.05, 3.63) is 60.2 Å². The molecular formula is C24H22N2O6S. The number of aromatic nitrogens is 1. The number of methoxy groups -OCH3 is 2. The second-order valence-electron chi connectivity index (χ2n) is 7.55. The van der Waals surface area contributed by atoms with E-state index in [9.17, 15) is 8.42 Å². The first kappa shape index (κ1) is 21.1. The zero-order valence-electron chi connectivity index (χ0n) is 18.1. The standard InChI is InChI=1S/C24H22N2O6S/c1-29-18-11-6-12-19(30-2)23(18)33(27,28)26-24-21-20(32-25-24)14-17(15-8-4-3-5-9-15)16-10-7-13-31-22(16)21/h3-6,8-9,11-12,14H,7,10,13H2,1-2H3,(H,25,26). The molecule has 1 aromatic heterocycles. The second-order valence-corrected chi connectivity index (χ2v) is 9.17. The molecular weight excluding hydrogens is 444 g/mol. The molecule has 1 aliphatic heterocycles. The van der Waals surface area contributed by atoms with Crippen LogP contribution in [0.3, 0.4) is 0 Å². The molecule has 5 rings (SSSR count). The highest BCUT2D eigenvalue weighted by atomic mass is 32.2. The van der Waals surface area contributed by atoms with Gasteiger partial charge in [-0.15, -0.1) is 0 Å². The Morgan fingerprint density at radius 1 is 1.00 bits per heavy atom. The minimum Gasteiger partial charge on any atom is -0.495 e. The minimum absolute atomic E-state index is 0.0516. The lowest BCUT2D eigenvalue weighted by Gasteiger charge is -2.21. The summed E-state index contributed by atoms with van der Waals surface area (Å²) in [6.07, 6.45) is 1.66. The molecule has 9 heteroatoms. The number of hydrogen-bond acceptors (Lipinski definition) is 7. The summed E-state index contributed by atoms with van der Waals surface area (Å²) in [4.78, 5) is -0.123. The molecule has 0 amide bonds. The lowest BCUT2D eigenvalue weighted by molar-refractivity contribution is 0.292. The van der Waals surface area contributed by atoms with Gasteiger partial charge in [0.15, 0.2) is 16.3 Å². The van der Waals surface area contributed by atoms with Gasteiger partial charge in [0.1, 0.15) is 22.6 Å². The van der Waals surface area contributed by atoms with Crippen molar-refractivity contribution < 1.29 is 27.2 Å². The number of benzene rings is 3. The van der Waals surface area contributed by atoms with Gasteiger partial charge in [-0.2, -0.15) is 0 Å². The van der Waals surface area contributed by atoms with Crippen LogP contribution >= 0.6 is 0 Å². The van der Waals surface area contributed by atoms with Crippen LogP contribution in [0.15, 0.2) is 64.0 Å². The molecule has 0 saturated heterocycles. The molecule has 0 unspecified atom stereocenters. The zero-order valence-corrected chi connectivity index (χ0v) is 18.9. The molecule has 1 N–H and O–H groups in total. The molecule has 33 heavy (non-hydrogen) atoms. The third-order valence-corrected chi connectivity index (χ3v) is 7.01. The number of anilines is 1. The Morgan fingerprint density at radius 2 is 1.73 bits per heavy atom. The van der Waals surface area contributed by atoms with Crippen molar-refractivity contribution in [1.29, 1.82) is 0 Å². The van der Waals surface area contributed by atoms with Crippen LogP contribution in [0.4, 0.5) is 5.82 Å². The van der Waals surface area contributed by atoms with Crippen LogP contribution in [-0.4, -0.2) is 34.4 Å². The molecule has 0 bridgehead atoms. The topological polar surface area (TPSA) is 99.9 Å². The Labute approximate surface area is 191 Å². The van der Waals surface area contributed by atoms with Gasteiger partial charge in [0.05, 0.1) is 20.8 Å². The van der Waals surface area contributed by atoms with Gasteiger partial charge in [0.2, 0.25) is 0 Å². The van der Waals surface area contributed by atoms with Crippen molar-refractivity contribution in [2.45, 2.75) is 17.7 Å². The fourth-order valence-corrected chi connectivity index (χ4v) is 5.48. The van der Waals surface area contributed by atoms with Gasteiger partial charge in [-0.3, -0.25) is 4.72 Å². The van der Waals surface area contributed by atoms with Crippen LogP contribution in [0, 0.1) is 0 Å². The van der Waals surface area contributed by atoms with Gasteiger partial charge in [0, 0.05) is 5.56 Å². The van der Waals surface area contributed by atoms with Crippen LogP contribution in [0.2, 0.25) is 0 Å². The lowest BCUT2D eigenvalue weighted by atomic mass is 9.93. The first-order valence-corrected chi connectivity index (χ1v) is 11.9. The summed E-state index contributed by atoms with van der Waals surface area (Å²) >= 11 is 0. The van der Waals surface area contributed by atoms with Gasteiger partial charge < -0.3 is 18.7 Å². The maximum atomic E-state index is 13.4. The van der Waals surface area contributed by atoms with Gasteiger partial charge in [-0.1, -0.05) is 41.6 Å². The van der Waals surface area contributed by atoms with Crippen LogP contribution in [0.25, 0.3) is 22.1 Å². The smallest absolute Gasteiger partial charge is 0.270 e. The predicted octanol–water partition coefficient (Wildman–Crippen LogP) is 4.64. The van der Waals surface area contributed by atoms with Crippen molar-refractivity contribution in [2.24, 2.45) is 0 Å². The number of nitrogens with one attached hydrogen (secondary N) is 1. The Kier molecular flexibility index (Phi) is 5.33. The molecule has 0 saturated carbocycles. The van der Waals surface area contributed by atoms with E-state index < -0.39 is 10.0 Å². The number of sulfonamides is 1. The van der Waals surface area contributed by atoms with Gasteiger partial charge in [-0.05, 0) is 42.2 Å². The van der Waals surface area contributed by atoms with Gasteiger partial charge >= 0.3 is 0 Å². The van der Waals surface area contributed by atoms with E-state index in [1.54, 1.807) is 18.2 Å². The maximum absolute atomic E-state index is 13.4. The van der Waals surface area contributed by atoms with Crippen LogP contribution in [0.1, 0.15) is 12.0 Å². The molecule has 0 fully saturated rings. The third kappa shape index (κ3) is 3.64. The molecule has 0 radical (unpaired) electrons. The Balaban J connectivity index is 1.66. The van der Waals surface area contributed by atoms with E-state index in [-0.39, 0.29) is 22.2 Å². The Hall–Kier alpha value is -3.72. The maximum Gasteiger partial charge on any atom is 0.270 e. The average molecular weight is 467 g/mol. The SMILES string of the molecule is COc1cccc(OC)c1S(=O)(=O)Nc1noc2cc(-c3ccccc3)c3c(c12)OCCC3. The van der Waals surface area contributed by atoms with Crippen molar-refractivity contribution >= 4 is 26.8 Å². The summed E-state index contributed by atoms with van der Waals surface area (Å²) in [6.45, 7) is 0.526. The Morgan fingerprint density at radius 3 is 2.42 bits per heavy atom. The highest BCUT2D eigenvalue weighted by molar-refractivity contribution is 7.93. The highest BCUT2D eigenvalue weighted by Gasteiger charge is 2.30. The normalized spacial score (nSPS) is 13.3. The number of ether oxygens (including phenoxy) is 3. The van der Waals surface area contributed by atoms with E-state index in [2.05, 4.69) is 9.88 Å². The number of hydrogen-bond donors (Lipinski definition) is 1. The summed E-state index contributed by atoms with van der Waals surface area (Å²) in [5.74, 6) is 0.942. The molecule has 4 aromatic rings. The van der Waals surface area contributed by atoms with Crippen molar-refractivity contribution in [2.75, 3.05) is 25.5 Å². The first-order valence-electron chi connectivity index (χ1n) is 10.4. The summed E-state index contributed by atoms with van der Waals surface area (Å²) in [5.41, 5.74) is 3.44. The fraction of sp³-hybridized carbons (Fsp3) is 0.208. The summed E-state index contributed by atoms with van der Waals surface area (Å²) in [5, 5.41) is 4.52. The molecule has 8 nitrogen and oxygen atoms in total. The predicted molar refractivity (Wildman–Crippen MR) is 124 cm³/mol. The van der Waals surface area contributed by atoms with Crippen molar-refractivity contribution in [3.8, 4) is 28.4 Å².